The topological polar surface area (TPSA) is 36.8 Å². The van der Waals surface area contributed by atoms with Gasteiger partial charge in [0.25, 0.3) is 0 Å². The third kappa shape index (κ3) is 3.34. The van der Waals surface area contributed by atoms with Crippen molar-refractivity contribution < 1.29 is 4.57 Å². The predicted molar refractivity (Wildman–Crippen MR) is 88.7 cm³/mol. The average molecular weight is 296 g/mol. The summed E-state index contributed by atoms with van der Waals surface area (Å²) >= 11 is 0. The minimum Gasteiger partial charge on any atom is -0.361 e. The molecule has 0 saturated carbocycles. The van der Waals surface area contributed by atoms with Crippen LogP contribution in [0.4, 0.5) is 17.3 Å². The van der Waals surface area contributed by atoms with Gasteiger partial charge in [0.1, 0.15) is 5.69 Å². The van der Waals surface area contributed by atoms with Crippen LogP contribution in [0.15, 0.2) is 40.8 Å². The fourth-order valence-corrected chi connectivity index (χ4v) is 2.27. The van der Waals surface area contributed by atoms with Crippen molar-refractivity contribution in [2.24, 2.45) is 24.3 Å². The van der Waals surface area contributed by atoms with E-state index < -0.39 is 0 Å². The molecule has 1 aromatic heterocycles. The lowest BCUT2D eigenvalue weighted by Gasteiger charge is -2.20. The van der Waals surface area contributed by atoms with E-state index in [2.05, 4.69) is 34.0 Å². The molecule has 0 spiro atoms. The van der Waals surface area contributed by atoms with Crippen molar-refractivity contribution in [3.63, 3.8) is 0 Å². The molecule has 2 aromatic rings. The highest BCUT2D eigenvalue weighted by molar-refractivity contribution is 5.58. The van der Waals surface area contributed by atoms with Gasteiger partial charge in [-0.2, -0.15) is 0 Å². The SMILES string of the molecule is C#CCN(CC)c1ccc(/N=N/c2n(C)cc[n+]2C)c(C)c1. The summed E-state index contributed by atoms with van der Waals surface area (Å²) in [6, 6.07) is 6.11. The molecule has 5 heteroatoms. The Balaban J connectivity index is 2.25. The van der Waals surface area contributed by atoms with E-state index in [0.29, 0.717) is 6.54 Å². The number of hydrogen-bond acceptors (Lipinski definition) is 3. The minimum absolute atomic E-state index is 0.607. The third-order valence-corrected chi connectivity index (χ3v) is 3.60. The third-order valence-electron chi connectivity index (χ3n) is 3.60. The smallest absolute Gasteiger partial charge is 0.361 e. The molecule has 0 unspecified atom stereocenters. The van der Waals surface area contributed by atoms with E-state index in [1.807, 2.05) is 54.7 Å². The molecular formula is C17H22N5+. The van der Waals surface area contributed by atoms with Gasteiger partial charge in [-0.1, -0.05) is 11.0 Å². The molecule has 2 rings (SSSR count). The van der Waals surface area contributed by atoms with E-state index >= 15 is 0 Å². The molecule has 22 heavy (non-hydrogen) atoms. The maximum atomic E-state index is 5.41. The molecule has 0 N–H and O–H groups in total. The summed E-state index contributed by atoms with van der Waals surface area (Å²) in [6.07, 6.45) is 9.31. The van der Waals surface area contributed by atoms with Gasteiger partial charge in [-0.15, -0.1) is 6.42 Å². The number of terminal acetylenes is 1. The number of benzene rings is 1. The normalized spacial score (nSPS) is 10.9. The van der Waals surface area contributed by atoms with E-state index in [0.717, 1.165) is 29.4 Å². The Labute approximate surface area is 131 Å². The molecule has 0 bridgehead atoms. The first-order valence-electron chi connectivity index (χ1n) is 7.28. The Morgan fingerprint density at radius 1 is 1.36 bits per heavy atom. The van der Waals surface area contributed by atoms with Gasteiger partial charge in [0.15, 0.2) is 0 Å². The Hall–Kier alpha value is -2.61. The standard InChI is InChI=1S/C17H22N5/c1-6-10-22(7-2)15-8-9-16(14(3)13-15)18-19-17-20(4)11-12-21(17)5/h1,8-9,11-13H,7,10H2,2-5H3/q+1. The lowest BCUT2D eigenvalue weighted by atomic mass is 10.1. The second kappa shape index (κ2) is 6.90. The second-order valence-corrected chi connectivity index (χ2v) is 5.21. The maximum Gasteiger partial charge on any atom is 0.421 e. The van der Waals surface area contributed by atoms with Gasteiger partial charge in [-0.3, -0.25) is 0 Å². The zero-order valence-corrected chi connectivity index (χ0v) is 13.6. The summed E-state index contributed by atoms with van der Waals surface area (Å²) in [5.41, 5.74) is 3.05. The number of rotatable bonds is 5. The van der Waals surface area contributed by atoms with Crippen LogP contribution in [0.25, 0.3) is 0 Å². The van der Waals surface area contributed by atoms with Crippen LogP contribution in [-0.4, -0.2) is 17.7 Å². The van der Waals surface area contributed by atoms with Crippen molar-refractivity contribution in [1.29, 1.82) is 0 Å². The summed E-state index contributed by atoms with van der Waals surface area (Å²) in [7, 11) is 3.90. The van der Waals surface area contributed by atoms with Crippen LogP contribution in [0.5, 0.6) is 0 Å². The first-order valence-corrected chi connectivity index (χ1v) is 7.28. The number of azo groups is 1. The summed E-state index contributed by atoms with van der Waals surface area (Å²) in [5.74, 6) is 3.48. The lowest BCUT2D eigenvalue weighted by Crippen LogP contribution is -2.25. The molecular weight excluding hydrogens is 274 g/mol. The summed E-state index contributed by atoms with van der Waals surface area (Å²) in [4.78, 5) is 2.14. The zero-order valence-electron chi connectivity index (χ0n) is 13.6. The van der Waals surface area contributed by atoms with Crippen LogP contribution in [0.2, 0.25) is 0 Å². The number of nitrogens with zero attached hydrogens (tertiary/aromatic N) is 5. The number of aromatic nitrogens is 2. The van der Waals surface area contributed by atoms with Gasteiger partial charge in [-0.25, -0.2) is 9.13 Å². The molecule has 0 aliphatic carbocycles. The molecule has 0 atom stereocenters. The van der Waals surface area contributed by atoms with Crippen LogP contribution in [0.3, 0.4) is 0 Å². The van der Waals surface area contributed by atoms with Crippen molar-refractivity contribution in [3.8, 4) is 12.3 Å². The summed E-state index contributed by atoms with van der Waals surface area (Å²) < 4.78 is 3.86. The lowest BCUT2D eigenvalue weighted by molar-refractivity contribution is -0.657. The van der Waals surface area contributed by atoms with Crippen LogP contribution in [-0.2, 0) is 14.1 Å². The van der Waals surface area contributed by atoms with Gasteiger partial charge < -0.3 is 4.90 Å². The molecule has 0 saturated heterocycles. The average Bonchev–Trinajstić information content (AvgIpc) is 2.82. The molecule has 1 heterocycles. The molecule has 114 valence electrons. The van der Waals surface area contributed by atoms with Gasteiger partial charge in [0, 0.05) is 17.3 Å². The number of aryl methyl sites for hydroxylation is 3. The highest BCUT2D eigenvalue weighted by atomic mass is 15.3. The first-order chi connectivity index (χ1) is 10.6. The van der Waals surface area contributed by atoms with Gasteiger partial charge in [-0.05, 0) is 37.6 Å². The van der Waals surface area contributed by atoms with E-state index in [9.17, 15) is 0 Å². The van der Waals surface area contributed by atoms with Gasteiger partial charge in [0.2, 0.25) is 0 Å². The highest BCUT2D eigenvalue weighted by Gasteiger charge is 2.11. The van der Waals surface area contributed by atoms with Crippen LogP contribution >= 0.6 is 0 Å². The Morgan fingerprint density at radius 3 is 2.68 bits per heavy atom. The van der Waals surface area contributed by atoms with Crippen molar-refractivity contribution in [2.75, 3.05) is 18.0 Å². The quantitative estimate of drug-likeness (QED) is 0.475. The monoisotopic (exact) mass is 296 g/mol. The van der Waals surface area contributed by atoms with Crippen LogP contribution < -0.4 is 9.47 Å². The molecule has 0 aliphatic heterocycles. The Morgan fingerprint density at radius 2 is 2.14 bits per heavy atom. The van der Waals surface area contributed by atoms with E-state index in [1.54, 1.807) is 0 Å². The molecule has 0 radical (unpaired) electrons. The fraction of sp³-hybridized carbons (Fsp3) is 0.353. The summed E-state index contributed by atoms with van der Waals surface area (Å²) in [5, 5.41) is 8.70. The Bertz CT molecular complexity index is 702. The summed E-state index contributed by atoms with van der Waals surface area (Å²) in [6.45, 7) is 5.61. The number of imidazole rings is 1. The van der Waals surface area contributed by atoms with Crippen molar-refractivity contribution in [1.82, 2.24) is 4.57 Å². The first kappa shape index (κ1) is 15.8. The second-order valence-electron chi connectivity index (χ2n) is 5.21. The number of hydrogen-bond donors (Lipinski definition) is 0. The van der Waals surface area contributed by atoms with E-state index in [-0.39, 0.29) is 0 Å². The molecule has 0 fully saturated rings. The molecule has 0 aliphatic rings. The van der Waals surface area contributed by atoms with Crippen molar-refractivity contribution in [3.05, 3.63) is 36.2 Å². The van der Waals surface area contributed by atoms with Crippen LogP contribution in [0, 0.1) is 19.3 Å². The molecule has 0 amide bonds. The minimum atomic E-state index is 0.607. The van der Waals surface area contributed by atoms with Crippen LogP contribution in [0.1, 0.15) is 12.5 Å². The fourth-order valence-electron chi connectivity index (χ4n) is 2.27. The van der Waals surface area contributed by atoms with E-state index in [1.165, 1.54) is 0 Å². The maximum absolute atomic E-state index is 5.41. The largest absolute Gasteiger partial charge is 0.421 e. The van der Waals surface area contributed by atoms with Crippen molar-refractivity contribution in [2.45, 2.75) is 13.8 Å². The van der Waals surface area contributed by atoms with E-state index in [4.69, 9.17) is 6.42 Å². The molecule has 1 aromatic carbocycles. The predicted octanol–water partition coefficient (Wildman–Crippen LogP) is 3.03. The number of anilines is 1. The van der Waals surface area contributed by atoms with Crippen molar-refractivity contribution >= 4 is 17.3 Å². The highest BCUT2D eigenvalue weighted by Crippen LogP contribution is 2.26. The van der Waals surface area contributed by atoms with Gasteiger partial charge >= 0.3 is 5.95 Å². The molecule has 5 nitrogen and oxygen atoms in total. The van der Waals surface area contributed by atoms with Gasteiger partial charge in [0.05, 0.1) is 33.0 Å². The Kier molecular flexibility index (Phi) is 4.95. The zero-order chi connectivity index (χ0) is 16.1.